The highest BCUT2D eigenvalue weighted by Gasteiger charge is 2.26. The monoisotopic (exact) mass is 267 g/mol. The molecule has 1 heterocycles. The Morgan fingerprint density at radius 2 is 1.75 bits per heavy atom. The molecule has 2 heteroatoms. The van der Waals surface area contributed by atoms with Gasteiger partial charge >= 0.3 is 0 Å². The van der Waals surface area contributed by atoms with E-state index in [-0.39, 0.29) is 5.91 Å². The van der Waals surface area contributed by atoms with E-state index in [1.54, 1.807) is 6.92 Å². The second kappa shape index (κ2) is 5.71. The minimum atomic E-state index is -0.0215. The molecule has 0 radical (unpaired) electrons. The number of amides is 1. The zero-order valence-electron chi connectivity index (χ0n) is 12.1. The highest BCUT2D eigenvalue weighted by atomic mass is 16.2. The molecule has 3 rings (SSSR count). The number of hydrogen-bond donors (Lipinski definition) is 0. The van der Waals surface area contributed by atoms with Crippen molar-refractivity contribution in [2.75, 3.05) is 13.1 Å². The minimum Gasteiger partial charge on any atom is -0.331 e. The van der Waals surface area contributed by atoms with E-state index in [1.807, 2.05) is 4.90 Å². The van der Waals surface area contributed by atoms with Crippen LogP contribution in [-0.2, 0) is 4.79 Å². The lowest BCUT2D eigenvalue weighted by Gasteiger charge is -2.31. The second-order valence-corrected chi connectivity index (χ2v) is 5.91. The molecule has 1 atom stereocenters. The van der Waals surface area contributed by atoms with E-state index in [1.165, 1.54) is 30.4 Å². The summed E-state index contributed by atoms with van der Waals surface area (Å²) in [5.74, 6) is 6.63. The fourth-order valence-corrected chi connectivity index (χ4v) is 3.08. The Kier molecular flexibility index (Phi) is 3.78. The van der Waals surface area contributed by atoms with Crippen molar-refractivity contribution in [3.8, 4) is 11.8 Å². The van der Waals surface area contributed by atoms with E-state index in [0.717, 1.165) is 25.4 Å². The van der Waals surface area contributed by atoms with Crippen LogP contribution in [0.3, 0.4) is 0 Å². The van der Waals surface area contributed by atoms with Gasteiger partial charge in [-0.25, -0.2) is 0 Å². The van der Waals surface area contributed by atoms with Gasteiger partial charge in [0.05, 0.1) is 0 Å². The molecule has 2 aliphatic rings. The summed E-state index contributed by atoms with van der Waals surface area (Å²) in [7, 11) is 0. The van der Waals surface area contributed by atoms with Crippen LogP contribution in [0.4, 0.5) is 0 Å². The molecule has 1 aliphatic heterocycles. The van der Waals surface area contributed by atoms with Gasteiger partial charge in [0.15, 0.2) is 0 Å². The molecule has 1 saturated carbocycles. The predicted molar refractivity (Wildman–Crippen MR) is 80.4 cm³/mol. The minimum absolute atomic E-state index is 0.0215. The van der Waals surface area contributed by atoms with Gasteiger partial charge in [0.2, 0.25) is 0 Å². The van der Waals surface area contributed by atoms with Gasteiger partial charge < -0.3 is 4.90 Å². The standard InChI is InChI=1S/C18H21NO/c1-2-4-18(20)19-12-3-5-17(13-19)16-10-8-15(9-11-16)14-6-7-14/h8-11,14,17H,3,5-7,12-13H2,1H3/t17-/m1/s1. The van der Waals surface area contributed by atoms with Crippen LogP contribution >= 0.6 is 0 Å². The molecule has 104 valence electrons. The third-order valence-corrected chi connectivity index (χ3v) is 4.40. The van der Waals surface area contributed by atoms with Crippen LogP contribution in [0.5, 0.6) is 0 Å². The van der Waals surface area contributed by atoms with E-state index >= 15 is 0 Å². The van der Waals surface area contributed by atoms with Crippen LogP contribution in [0, 0.1) is 11.8 Å². The van der Waals surface area contributed by atoms with Crippen molar-refractivity contribution in [1.82, 2.24) is 4.90 Å². The summed E-state index contributed by atoms with van der Waals surface area (Å²) in [5, 5.41) is 0. The number of piperidine rings is 1. The zero-order chi connectivity index (χ0) is 13.9. The van der Waals surface area contributed by atoms with Crippen molar-refractivity contribution in [1.29, 1.82) is 0 Å². The average Bonchev–Trinajstić information content (AvgIpc) is 3.33. The molecule has 1 saturated heterocycles. The Labute approximate surface area is 121 Å². The molecule has 2 nitrogen and oxygen atoms in total. The normalized spacial score (nSPS) is 22.1. The Hall–Kier alpha value is -1.75. The van der Waals surface area contributed by atoms with E-state index in [4.69, 9.17) is 0 Å². The van der Waals surface area contributed by atoms with Gasteiger partial charge in [-0.2, -0.15) is 0 Å². The van der Waals surface area contributed by atoms with Crippen molar-refractivity contribution >= 4 is 5.91 Å². The molecule has 2 fully saturated rings. The first kappa shape index (κ1) is 13.2. The van der Waals surface area contributed by atoms with Crippen molar-refractivity contribution in [3.63, 3.8) is 0 Å². The van der Waals surface area contributed by atoms with Gasteiger partial charge in [-0.3, -0.25) is 4.79 Å². The average molecular weight is 267 g/mol. The summed E-state index contributed by atoms with van der Waals surface area (Å²) in [4.78, 5) is 13.8. The third kappa shape index (κ3) is 2.88. The van der Waals surface area contributed by atoms with Crippen LogP contribution < -0.4 is 0 Å². The SMILES string of the molecule is CC#CC(=O)N1CCC[C@@H](c2ccc(C3CC3)cc2)C1. The van der Waals surface area contributed by atoms with Gasteiger partial charge in [-0.05, 0) is 55.6 Å². The van der Waals surface area contributed by atoms with E-state index in [0.29, 0.717) is 5.92 Å². The van der Waals surface area contributed by atoms with Crippen LogP contribution in [0.25, 0.3) is 0 Å². The molecule has 1 aromatic rings. The van der Waals surface area contributed by atoms with Crippen LogP contribution in [0.15, 0.2) is 24.3 Å². The molecule has 1 aromatic carbocycles. The highest BCUT2D eigenvalue weighted by Crippen LogP contribution is 2.40. The van der Waals surface area contributed by atoms with Crippen molar-refractivity contribution in [2.24, 2.45) is 0 Å². The summed E-state index contributed by atoms with van der Waals surface area (Å²) in [6.45, 7) is 3.39. The molecular weight excluding hydrogens is 246 g/mol. The molecule has 0 spiro atoms. The van der Waals surface area contributed by atoms with Crippen LogP contribution in [-0.4, -0.2) is 23.9 Å². The summed E-state index contributed by atoms with van der Waals surface area (Å²) in [6, 6.07) is 9.08. The predicted octanol–water partition coefficient (Wildman–Crippen LogP) is 3.29. The molecule has 0 unspecified atom stereocenters. The van der Waals surface area contributed by atoms with Gasteiger partial charge in [0.25, 0.3) is 5.91 Å². The lowest BCUT2D eigenvalue weighted by molar-refractivity contribution is -0.126. The molecule has 0 bridgehead atoms. The van der Waals surface area contributed by atoms with Gasteiger partial charge in [-0.1, -0.05) is 30.2 Å². The Morgan fingerprint density at radius 3 is 2.35 bits per heavy atom. The van der Waals surface area contributed by atoms with E-state index in [9.17, 15) is 4.79 Å². The summed E-state index contributed by atoms with van der Waals surface area (Å²) >= 11 is 0. The summed E-state index contributed by atoms with van der Waals surface area (Å²) in [5.41, 5.74) is 2.85. The fraction of sp³-hybridized carbons (Fsp3) is 0.500. The fourth-order valence-electron chi connectivity index (χ4n) is 3.08. The zero-order valence-corrected chi connectivity index (χ0v) is 12.1. The number of carbonyl (C=O) groups is 1. The maximum absolute atomic E-state index is 11.9. The molecule has 1 amide bonds. The number of nitrogens with zero attached hydrogens (tertiary/aromatic N) is 1. The quantitative estimate of drug-likeness (QED) is 0.753. The molecule has 0 aromatic heterocycles. The maximum Gasteiger partial charge on any atom is 0.298 e. The number of benzene rings is 1. The third-order valence-electron chi connectivity index (χ3n) is 4.40. The smallest absolute Gasteiger partial charge is 0.298 e. The topological polar surface area (TPSA) is 20.3 Å². The first-order valence-electron chi connectivity index (χ1n) is 7.59. The summed E-state index contributed by atoms with van der Waals surface area (Å²) < 4.78 is 0. The van der Waals surface area contributed by atoms with Gasteiger partial charge in [-0.15, -0.1) is 0 Å². The largest absolute Gasteiger partial charge is 0.331 e. The number of rotatable bonds is 2. The van der Waals surface area contributed by atoms with Crippen molar-refractivity contribution in [3.05, 3.63) is 35.4 Å². The van der Waals surface area contributed by atoms with Crippen LogP contribution in [0.1, 0.15) is 55.6 Å². The van der Waals surface area contributed by atoms with E-state index < -0.39 is 0 Å². The Balaban J connectivity index is 1.69. The van der Waals surface area contributed by atoms with Gasteiger partial charge in [0, 0.05) is 19.0 Å². The van der Waals surface area contributed by atoms with E-state index in [2.05, 4.69) is 36.1 Å². The molecule has 0 N–H and O–H groups in total. The number of carbonyl (C=O) groups excluding carboxylic acids is 1. The van der Waals surface area contributed by atoms with Crippen molar-refractivity contribution < 1.29 is 4.79 Å². The maximum atomic E-state index is 11.9. The second-order valence-electron chi connectivity index (χ2n) is 5.91. The first-order valence-corrected chi connectivity index (χ1v) is 7.59. The molecule has 1 aliphatic carbocycles. The van der Waals surface area contributed by atoms with Crippen molar-refractivity contribution in [2.45, 2.75) is 44.4 Å². The lowest BCUT2D eigenvalue weighted by Crippen LogP contribution is -2.38. The highest BCUT2D eigenvalue weighted by molar-refractivity contribution is 5.93. The first-order chi connectivity index (χ1) is 9.78. The van der Waals surface area contributed by atoms with Gasteiger partial charge in [0.1, 0.15) is 0 Å². The number of likely N-dealkylation sites (tertiary alicyclic amines) is 1. The number of hydrogen-bond acceptors (Lipinski definition) is 1. The Morgan fingerprint density at radius 1 is 1.10 bits per heavy atom. The Bertz CT molecular complexity index is 545. The molecule has 20 heavy (non-hydrogen) atoms. The van der Waals surface area contributed by atoms with Crippen LogP contribution in [0.2, 0.25) is 0 Å². The lowest BCUT2D eigenvalue weighted by atomic mass is 9.90. The summed E-state index contributed by atoms with van der Waals surface area (Å²) in [6.07, 6.45) is 4.94. The molecular formula is C18H21NO.